The molecule has 1 atom stereocenters. The minimum absolute atomic E-state index is 0.00823. The number of carbonyl (C=O) groups is 1. The number of hydrogen-bond acceptors (Lipinski definition) is 1. The maximum Gasteiger partial charge on any atom is 0.226 e. The highest BCUT2D eigenvalue weighted by Gasteiger charge is 2.19. The second-order valence-corrected chi connectivity index (χ2v) is 6.31. The van der Waals surface area contributed by atoms with Crippen molar-refractivity contribution >= 4 is 11.6 Å². The van der Waals surface area contributed by atoms with Gasteiger partial charge in [0.15, 0.2) is 0 Å². The van der Waals surface area contributed by atoms with Crippen molar-refractivity contribution in [1.29, 1.82) is 0 Å². The highest BCUT2D eigenvalue weighted by atomic mass is 16.1. The fourth-order valence-corrected chi connectivity index (χ4v) is 3.10. The fraction of sp³-hybridized carbons (Fsp3) is 0.227. The predicted molar refractivity (Wildman–Crippen MR) is 103 cm³/mol. The molecule has 1 heterocycles. The fourth-order valence-electron chi connectivity index (χ4n) is 3.10. The zero-order valence-corrected chi connectivity index (χ0v) is 14.8. The van der Waals surface area contributed by atoms with Gasteiger partial charge in [-0.3, -0.25) is 4.79 Å². The Morgan fingerprint density at radius 3 is 2.32 bits per heavy atom. The van der Waals surface area contributed by atoms with Gasteiger partial charge in [0.2, 0.25) is 5.91 Å². The molecule has 3 rings (SSSR count). The maximum atomic E-state index is 12.6. The molecule has 2 aromatic carbocycles. The Morgan fingerprint density at radius 1 is 1.00 bits per heavy atom. The van der Waals surface area contributed by atoms with E-state index in [0.29, 0.717) is 6.42 Å². The number of anilines is 1. The Bertz CT molecular complexity index is 819. The van der Waals surface area contributed by atoms with Crippen LogP contribution in [-0.4, -0.2) is 10.5 Å². The van der Waals surface area contributed by atoms with Crippen molar-refractivity contribution < 1.29 is 4.79 Å². The van der Waals surface area contributed by atoms with Gasteiger partial charge in [-0.25, -0.2) is 0 Å². The molecule has 0 aliphatic carbocycles. The molecule has 1 amide bonds. The number of benzene rings is 2. The molecule has 0 saturated heterocycles. The van der Waals surface area contributed by atoms with E-state index in [0.717, 1.165) is 12.1 Å². The maximum absolute atomic E-state index is 12.6. The lowest BCUT2D eigenvalue weighted by molar-refractivity contribution is -0.116. The zero-order chi connectivity index (χ0) is 17.6. The van der Waals surface area contributed by atoms with Crippen molar-refractivity contribution in [3.05, 3.63) is 89.7 Å². The number of rotatable bonds is 6. The van der Waals surface area contributed by atoms with Crippen molar-refractivity contribution in [3.8, 4) is 0 Å². The van der Waals surface area contributed by atoms with E-state index in [1.54, 1.807) is 0 Å². The second kappa shape index (κ2) is 7.84. The monoisotopic (exact) mass is 332 g/mol. The molecule has 0 aliphatic rings. The molecular weight excluding hydrogens is 308 g/mol. The van der Waals surface area contributed by atoms with E-state index in [1.807, 2.05) is 48.8 Å². The number of aryl methyl sites for hydroxylation is 2. The predicted octanol–water partition coefficient (Wildman–Crippen LogP) is 4.98. The van der Waals surface area contributed by atoms with Crippen LogP contribution < -0.4 is 5.32 Å². The molecule has 3 heteroatoms. The molecule has 0 saturated carbocycles. The minimum atomic E-state index is -0.00823. The van der Waals surface area contributed by atoms with Crippen LogP contribution in [0.4, 0.5) is 5.69 Å². The third-order valence-electron chi connectivity index (χ3n) is 4.56. The summed E-state index contributed by atoms with van der Waals surface area (Å²) in [5.41, 5.74) is 4.48. The summed E-state index contributed by atoms with van der Waals surface area (Å²) in [7, 11) is 0. The molecule has 0 fully saturated rings. The van der Waals surface area contributed by atoms with Gasteiger partial charge in [0, 0.05) is 18.1 Å². The highest BCUT2D eigenvalue weighted by Crippen LogP contribution is 2.26. The van der Waals surface area contributed by atoms with Gasteiger partial charge in [-0.05, 0) is 54.3 Å². The molecule has 3 nitrogen and oxygen atoms in total. The molecule has 0 unspecified atom stereocenters. The normalized spacial score (nSPS) is 11.9. The number of nitrogens with zero attached hydrogens (tertiary/aromatic N) is 1. The summed E-state index contributed by atoms with van der Waals surface area (Å²) in [5.74, 6) is 0.0196. The first-order valence-electron chi connectivity index (χ1n) is 8.74. The lowest BCUT2D eigenvalue weighted by Crippen LogP contribution is -2.20. The van der Waals surface area contributed by atoms with Gasteiger partial charge in [0.25, 0.3) is 0 Å². The average Bonchev–Trinajstić information content (AvgIpc) is 3.15. The van der Waals surface area contributed by atoms with E-state index >= 15 is 0 Å². The molecule has 128 valence electrons. The van der Waals surface area contributed by atoms with E-state index < -0.39 is 0 Å². The van der Waals surface area contributed by atoms with Gasteiger partial charge in [0.05, 0.1) is 12.5 Å². The van der Waals surface area contributed by atoms with Crippen LogP contribution in [0.5, 0.6) is 0 Å². The molecule has 3 aromatic rings. The zero-order valence-electron chi connectivity index (χ0n) is 14.8. The number of hydrogen-bond donors (Lipinski definition) is 1. The van der Waals surface area contributed by atoms with E-state index in [-0.39, 0.29) is 11.9 Å². The third-order valence-corrected chi connectivity index (χ3v) is 4.56. The SMILES string of the molecule is CCc1ccc(NC(=O)C[C@H](c2ccccc2C)n2cccc2)cc1. The van der Waals surface area contributed by atoms with Gasteiger partial charge in [-0.1, -0.05) is 43.3 Å². The molecule has 0 radical (unpaired) electrons. The van der Waals surface area contributed by atoms with Gasteiger partial charge in [0.1, 0.15) is 0 Å². The van der Waals surface area contributed by atoms with Crippen molar-refractivity contribution in [2.24, 2.45) is 0 Å². The summed E-state index contributed by atoms with van der Waals surface area (Å²) in [4.78, 5) is 12.6. The Morgan fingerprint density at radius 2 is 1.68 bits per heavy atom. The number of amides is 1. The van der Waals surface area contributed by atoms with Crippen LogP contribution in [0.15, 0.2) is 73.1 Å². The summed E-state index contributed by atoms with van der Waals surface area (Å²) in [6, 6.07) is 20.3. The van der Waals surface area contributed by atoms with Crippen molar-refractivity contribution in [3.63, 3.8) is 0 Å². The summed E-state index contributed by atoms with van der Waals surface area (Å²) < 4.78 is 2.10. The molecule has 1 aromatic heterocycles. The highest BCUT2D eigenvalue weighted by molar-refractivity contribution is 5.91. The molecule has 25 heavy (non-hydrogen) atoms. The molecule has 0 aliphatic heterocycles. The van der Waals surface area contributed by atoms with Crippen LogP contribution in [-0.2, 0) is 11.2 Å². The second-order valence-electron chi connectivity index (χ2n) is 6.31. The van der Waals surface area contributed by atoms with Crippen molar-refractivity contribution in [2.75, 3.05) is 5.32 Å². The van der Waals surface area contributed by atoms with Gasteiger partial charge in [-0.15, -0.1) is 0 Å². The lowest BCUT2D eigenvalue weighted by atomic mass is 9.98. The van der Waals surface area contributed by atoms with E-state index in [1.165, 1.54) is 16.7 Å². The average molecular weight is 332 g/mol. The summed E-state index contributed by atoms with van der Waals surface area (Å²) in [6.07, 6.45) is 5.42. The van der Waals surface area contributed by atoms with E-state index in [4.69, 9.17) is 0 Å². The van der Waals surface area contributed by atoms with Crippen LogP contribution in [0.1, 0.15) is 36.1 Å². The number of aromatic nitrogens is 1. The minimum Gasteiger partial charge on any atom is -0.346 e. The first-order chi connectivity index (χ1) is 12.2. The van der Waals surface area contributed by atoms with Gasteiger partial charge < -0.3 is 9.88 Å². The summed E-state index contributed by atoms with van der Waals surface area (Å²) >= 11 is 0. The van der Waals surface area contributed by atoms with E-state index in [9.17, 15) is 4.79 Å². The number of nitrogens with one attached hydrogen (secondary N) is 1. The smallest absolute Gasteiger partial charge is 0.226 e. The number of carbonyl (C=O) groups excluding carboxylic acids is 1. The molecule has 0 spiro atoms. The first kappa shape index (κ1) is 17.0. The Hall–Kier alpha value is -2.81. The third kappa shape index (κ3) is 4.18. The summed E-state index contributed by atoms with van der Waals surface area (Å²) in [6.45, 7) is 4.21. The van der Waals surface area contributed by atoms with Crippen LogP contribution in [0, 0.1) is 6.92 Å². The van der Waals surface area contributed by atoms with Crippen molar-refractivity contribution in [2.45, 2.75) is 32.7 Å². The standard InChI is InChI=1S/C22H24N2O/c1-3-18-10-12-19(13-11-18)23-22(25)16-21(24-14-6-7-15-24)20-9-5-4-8-17(20)2/h4-15,21H,3,16H2,1-2H3,(H,23,25)/t21-/m1/s1. The quantitative estimate of drug-likeness (QED) is 0.679. The Labute approximate surface area is 149 Å². The molecular formula is C22H24N2O. The lowest BCUT2D eigenvalue weighted by Gasteiger charge is -2.21. The van der Waals surface area contributed by atoms with Crippen LogP contribution >= 0.6 is 0 Å². The molecule has 0 bridgehead atoms. The van der Waals surface area contributed by atoms with Gasteiger partial charge in [-0.2, -0.15) is 0 Å². The first-order valence-corrected chi connectivity index (χ1v) is 8.74. The topological polar surface area (TPSA) is 34.0 Å². The van der Waals surface area contributed by atoms with Crippen LogP contribution in [0.3, 0.4) is 0 Å². The van der Waals surface area contributed by atoms with Gasteiger partial charge >= 0.3 is 0 Å². The summed E-state index contributed by atoms with van der Waals surface area (Å²) in [5, 5.41) is 3.02. The molecule has 1 N–H and O–H groups in total. The Kier molecular flexibility index (Phi) is 5.34. The van der Waals surface area contributed by atoms with Crippen molar-refractivity contribution in [1.82, 2.24) is 4.57 Å². The van der Waals surface area contributed by atoms with Crippen LogP contribution in [0.2, 0.25) is 0 Å². The van der Waals surface area contributed by atoms with Crippen LogP contribution in [0.25, 0.3) is 0 Å². The van der Waals surface area contributed by atoms with E-state index in [2.05, 4.69) is 48.0 Å². The Balaban J connectivity index is 1.78. The largest absolute Gasteiger partial charge is 0.346 e.